The van der Waals surface area contributed by atoms with Crippen LogP contribution in [-0.2, 0) is 11.3 Å². The highest BCUT2D eigenvalue weighted by Crippen LogP contribution is 2.22. The van der Waals surface area contributed by atoms with Crippen LogP contribution in [0, 0.1) is 0 Å². The number of aliphatic hydroxyl groups is 1. The van der Waals surface area contributed by atoms with Gasteiger partial charge in [0, 0.05) is 30.2 Å². The third-order valence-electron chi connectivity index (χ3n) is 3.33. The molecule has 1 fully saturated rings. The number of benzene rings is 1. The number of carbonyl (C=O) groups excluding carboxylic acids is 1. The van der Waals surface area contributed by atoms with Gasteiger partial charge in [0.1, 0.15) is 5.75 Å². The van der Waals surface area contributed by atoms with Gasteiger partial charge in [-0.05, 0) is 24.6 Å². The molecule has 2 rings (SSSR count). The second kappa shape index (κ2) is 6.92. The van der Waals surface area contributed by atoms with Crippen LogP contribution < -0.4 is 10.1 Å². The Morgan fingerprint density at radius 3 is 3.05 bits per heavy atom. The van der Waals surface area contributed by atoms with Gasteiger partial charge >= 0.3 is 0 Å². The van der Waals surface area contributed by atoms with Crippen LogP contribution in [0.5, 0.6) is 5.75 Å². The Hall–Kier alpha value is -1.30. The Morgan fingerprint density at radius 2 is 2.40 bits per heavy atom. The molecule has 1 aliphatic heterocycles. The molecule has 1 aromatic rings. The monoisotopic (exact) mass is 298 g/mol. The molecule has 6 heteroatoms. The molecule has 5 nitrogen and oxygen atoms in total. The van der Waals surface area contributed by atoms with Crippen LogP contribution in [0.2, 0.25) is 5.02 Å². The summed E-state index contributed by atoms with van der Waals surface area (Å²) in [5.74, 6) is 0.632. The minimum absolute atomic E-state index is 0.0684. The first-order valence-electron chi connectivity index (χ1n) is 6.58. The van der Waals surface area contributed by atoms with E-state index in [1.807, 2.05) is 4.90 Å². The molecule has 0 spiro atoms. The summed E-state index contributed by atoms with van der Waals surface area (Å²) in [6.07, 6.45) is 0.422. The Morgan fingerprint density at radius 1 is 1.60 bits per heavy atom. The van der Waals surface area contributed by atoms with Crippen molar-refractivity contribution in [2.75, 3.05) is 26.7 Å². The highest BCUT2D eigenvalue weighted by molar-refractivity contribution is 6.30. The first kappa shape index (κ1) is 15.1. The van der Waals surface area contributed by atoms with Crippen molar-refractivity contribution in [1.29, 1.82) is 0 Å². The first-order valence-corrected chi connectivity index (χ1v) is 6.96. The van der Waals surface area contributed by atoms with E-state index in [0.29, 0.717) is 30.4 Å². The van der Waals surface area contributed by atoms with E-state index >= 15 is 0 Å². The van der Waals surface area contributed by atoms with Gasteiger partial charge < -0.3 is 15.2 Å². The molecule has 1 amide bonds. The van der Waals surface area contributed by atoms with Crippen LogP contribution in [0.3, 0.4) is 0 Å². The number of halogens is 1. The van der Waals surface area contributed by atoms with Crippen LogP contribution in [0.25, 0.3) is 0 Å². The Labute approximate surface area is 123 Å². The standard InChI is InChI=1S/C14H19ClN2O3/c1-20-13-3-2-11(15)6-10(13)7-16-14(19)9-17-5-4-12(18)8-17/h2-3,6,12,18H,4-5,7-9H2,1H3,(H,16,19)/t12-/m0/s1. The predicted octanol–water partition coefficient (Wildman–Crippen LogP) is 1.03. The topological polar surface area (TPSA) is 61.8 Å². The summed E-state index contributed by atoms with van der Waals surface area (Å²) in [6, 6.07) is 5.30. The van der Waals surface area contributed by atoms with Crippen molar-refractivity contribution in [2.24, 2.45) is 0 Å². The zero-order chi connectivity index (χ0) is 14.5. The third-order valence-corrected chi connectivity index (χ3v) is 3.57. The van der Waals surface area contributed by atoms with Crippen LogP contribution in [0.4, 0.5) is 0 Å². The number of hydrogen-bond donors (Lipinski definition) is 2. The Kier molecular flexibility index (Phi) is 5.23. The normalized spacial score (nSPS) is 19.1. The molecule has 2 N–H and O–H groups in total. The van der Waals surface area contributed by atoms with Gasteiger partial charge in [0.2, 0.25) is 5.91 Å². The van der Waals surface area contributed by atoms with Crippen LogP contribution in [0.1, 0.15) is 12.0 Å². The smallest absolute Gasteiger partial charge is 0.234 e. The number of carbonyl (C=O) groups is 1. The zero-order valence-corrected chi connectivity index (χ0v) is 12.2. The lowest BCUT2D eigenvalue weighted by Gasteiger charge is -2.15. The van der Waals surface area contributed by atoms with Gasteiger partial charge in [-0.3, -0.25) is 9.69 Å². The van der Waals surface area contributed by atoms with Crippen molar-refractivity contribution in [3.63, 3.8) is 0 Å². The van der Waals surface area contributed by atoms with E-state index in [1.54, 1.807) is 25.3 Å². The van der Waals surface area contributed by atoms with Crippen molar-refractivity contribution >= 4 is 17.5 Å². The zero-order valence-electron chi connectivity index (χ0n) is 11.4. The van der Waals surface area contributed by atoms with E-state index in [4.69, 9.17) is 16.3 Å². The minimum atomic E-state index is -0.309. The van der Waals surface area contributed by atoms with Gasteiger partial charge in [0.15, 0.2) is 0 Å². The molecule has 0 unspecified atom stereocenters. The summed E-state index contributed by atoms with van der Waals surface area (Å²) in [6.45, 7) is 2.00. The van der Waals surface area contributed by atoms with Crippen molar-refractivity contribution < 1.29 is 14.6 Å². The molecule has 1 atom stereocenters. The van der Waals surface area contributed by atoms with Crippen molar-refractivity contribution in [1.82, 2.24) is 10.2 Å². The van der Waals surface area contributed by atoms with Crippen LogP contribution in [-0.4, -0.2) is 48.8 Å². The second-order valence-electron chi connectivity index (χ2n) is 4.91. The van der Waals surface area contributed by atoms with E-state index in [0.717, 1.165) is 18.5 Å². The minimum Gasteiger partial charge on any atom is -0.496 e. The number of β-amino-alcohol motifs (C(OH)–C–C–N with tert-alkyl or cyclic N) is 1. The third kappa shape index (κ3) is 4.10. The number of nitrogens with zero attached hydrogens (tertiary/aromatic N) is 1. The molecule has 110 valence electrons. The van der Waals surface area contributed by atoms with Gasteiger partial charge in [-0.1, -0.05) is 11.6 Å². The molecule has 1 aromatic carbocycles. The van der Waals surface area contributed by atoms with Crippen molar-refractivity contribution in [3.8, 4) is 5.75 Å². The summed E-state index contributed by atoms with van der Waals surface area (Å²) in [7, 11) is 1.58. The fraction of sp³-hybridized carbons (Fsp3) is 0.500. The number of amides is 1. The maximum atomic E-state index is 11.9. The van der Waals surface area contributed by atoms with E-state index < -0.39 is 0 Å². The number of hydrogen-bond acceptors (Lipinski definition) is 4. The molecule has 0 saturated carbocycles. The summed E-state index contributed by atoms with van der Waals surface area (Å²) in [4.78, 5) is 13.8. The van der Waals surface area contributed by atoms with E-state index in [9.17, 15) is 9.90 Å². The van der Waals surface area contributed by atoms with Gasteiger partial charge in [-0.2, -0.15) is 0 Å². The fourth-order valence-corrected chi connectivity index (χ4v) is 2.49. The molecular formula is C14H19ClN2O3. The maximum absolute atomic E-state index is 11.9. The molecule has 0 aromatic heterocycles. The number of ether oxygens (including phenoxy) is 1. The molecule has 0 radical (unpaired) electrons. The summed E-state index contributed by atoms with van der Waals surface area (Å²) in [5.41, 5.74) is 0.842. The number of likely N-dealkylation sites (tertiary alicyclic amines) is 1. The number of methoxy groups -OCH3 is 1. The van der Waals surface area contributed by atoms with Gasteiger partial charge in [-0.15, -0.1) is 0 Å². The maximum Gasteiger partial charge on any atom is 0.234 e. The summed E-state index contributed by atoms with van der Waals surface area (Å²) < 4.78 is 5.23. The molecule has 20 heavy (non-hydrogen) atoms. The lowest BCUT2D eigenvalue weighted by molar-refractivity contribution is -0.122. The van der Waals surface area contributed by atoms with Crippen LogP contribution in [0.15, 0.2) is 18.2 Å². The van der Waals surface area contributed by atoms with E-state index in [-0.39, 0.29) is 12.0 Å². The molecule has 1 saturated heterocycles. The lowest BCUT2D eigenvalue weighted by Crippen LogP contribution is -2.36. The summed E-state index contributed by atoms with van der Waals surface area (Å²) in [5, 5.41) is 12.9. The van der Waals surface area contributed by atoms with Gasteiger partial charge in [0.05, 0.1) is 19.8 Å². The molecule has 0 aliphatic carbocycles. The first-order chi connectivity index (χ1) is 9.58. The number of nitrogens with one attached hydrogen (secondary N) is 1. The van der Waals surface area contributed by atoms with E-state index in [1.165, 1.54) is 0 Å². The largest absolute Gasteiger partial charge is 0.496 e. The highest BCUT2D eigenvalue weighted by atomic mass is 35.5. The number of rotatable bonds is 5. The average Bonchev–Trinajstić information content (AvgIpc) is 2.82. The quantitative estimate of drug-likeness (QED) is 0.852. The SMILES string of the molecule is COc1ccc(Cl)cc1CNC(=O)CN1CC[C@H](O)C1. The lowest BCUT2D eigenvalue weighted by atomic mass is 10.2. The molecule has 1 aliphatic rings. The van der Waals surface area contributed by atoms with E-state index in [2.05, 4.69) is 5.32 Å². The molecule has 1 heterocycles. The van der Waals surface area contributed by atoms with Gasteiger partial charge in [0.25, 0.3) is 0 Å². The van der Waals surface area contributed by atoms with Gasteiger partial charge in [-0.25, -0.2) is 0 Å². The highest BCUT2D eigenvalue weighted by Gasteiger charge is 2.21. The Balaban J connectivity index is 1.85. The van der Waals surface area contributed by atoms with Crippen molar-refractivity contribution in [2.45, 2.75) is 19.1 Å². The fourth-order valence-electron chi connectivity index (χ4n) is 2.29. The second-order valence-corrected chi connectivity index (χ2v) is 5.35. The molecule has 0 bridgehead atoms. The molecular weight excluding hydrogens is 280 g/mol. The van der Waals surface area contributed by atoms with Crippen molar-refractivity contribution in [3.05, 3.63) is 28.8 Å². The van der Waals surface area contributed by atoms with Crippen LogP contribution >= 0.6 is 11.6 Å². The average molecular weight is 299 g/mol. The predicted molar refractivity (Wildman–Crippen MR) is 76.9 cm³/mol. The summed E-state index contributed by atoms with van der Waals surface area (Å²) >= 11 is 5.94. The number of aliphatic hydroxyl groups excluding tert-OH is 1. The Bertz CT molecular complexity index is 481.